The van der Waals surface area contributed by atoms with Gasteiger partial charge in [0.1, 0.15) is 0 Å². The SMILES string of the molecule is CCn1nc(C)cc1CC(=O)C(C)(C)N1CCCCC1. The number of hydrogen-bond acceptors (Lipinski definition) is 3. The molecule has 1 aromatic rings. The fourth-order valence-electron chi connectivity index (χ4n) is 3.03. The number of carbonyl (C=O) groups excluding carboxylic acids is 1. The highest BCUT2D eigenvalue weighted by molar-refractivity contribution is 5.89. The highest BCUT2D eigenvalue weighted by Crippen LogP contribution is 2.23. The van der Waals surface area contributed by atoms with Crippen molar-refractivity contribution in [3.63, 3.8) is 0 Å². The topological polar surface area (TPSA) is 38.1 Å². The van der Waals surface area contributed by atoms with Crippen molar-refractivity contribution in [1.82, 2.24) is 14.7 Å². The van der Waals surface area contributed by atoms with Crippen LogP contribution in [0, 0.1) is 6.92 Å². The van der Waals surface area contributed by atoms with E-state index in [0.717, 1.165) is 31.0 Å². The summed E-state index contributed by atoms with van der Waals surface area (Å²) in [6, 6.07) is 2.04. The Bertz CT molecular complexity index is 470. The van der Waals surface area contributed by atoms with Crippen LogP contribution in [0.5, 0.6) is 0 Å². The summed E-state index contributed by atoms with van der Waals surface area (Å²) >= 11 is 0. The summed E-state index contributed by atoms with van der Waals surface area (Å²) in [4.78, 5) is 15.1. The van der Waals surface area contributed by atoms with Gasteiger partial charge in [-0.1, -0.05) is 6.42 Å². The van der Waals surface area contributed by atoms with Gasteiger partial charge < -0.3 is 0 Å². The molecule has 0 atom stereocenters. The van der Waals surface area contributed by atoms with Gasteiger partial charge in [0.2, 0.25) is 0 Å². The van der Waals surface area contributed by atoms with Gasteiger partial charge in [0.15, 0.2) is 5.78 Å². The molecule has 0 aliphatic carbocycles. The first-order chi connectivity index (χ1) is 9.45. The molecule has 0 bridgehead atoms. The predicted molar refractivity (Wildman–Crippen MR) is 80.9 cm³/mol. The third-order valence-electron chi connectivity index (χ3n) is 4.46. The van der Waals surface area contributed by atoms with Crippen molar-refractivity contribution >= 4 is 5.78 Å². The first-order valence-electron chi connectivity index (χ1n) is 7.77. The number of Topliss-reactive ketones (excluding diaryl/α,β-unsaturated/α-hetero) is 1. The maximum absolute atomic E-state index is 12.7. The highest BCUT2D eigenvalue weighted by Gasteiger charge is 2.35. The van der Waals surface area contributed by atoms with E-state index < -0.39 is 0 Å². The van der Waals surface area contributed by atoms with Gasteiger partial charge in [0.25, 0.3) is 0 Å². The first-order valence-corrected chi connectivity index (χ1v) is 7.77. The molecule has 2 rings (SSSR count). The molecule has 1 saturated heterocycles. The van der Waals surface area contributed by atoms with Gasteiger partial charge in [-0.25, -0.2) is 0 Å². The Hall–Kier alpha value is -1.16. The van der Waals surface area contributed by atoms with E-state index in [0.29, 0.717) is 12.2 Å². The van der Waals surface area contributed by atoms with Gasteiger partial charge >= 0.3 is 0 Å². The van der Waals surface area contributed by atoms with Crippen molar-refractivity contribution in [2.24, 2.45) is 0 Å². The zero-order chi connectivity index (χ0) is 14.8. The molecule has 112 valence electrons. The van der Waals surface area contributed by atoms with Crippen molar-refractivity contribution in [3.05, 3.63) is 17.5 Å². The molecule has 0 radical (unpaired) electrons. The minimum atomic E-state index is -0.364. The van der Waals surface area contributed by atoms with Crippen molar-refractivity contribution in [2.75, 3.05) is 13.1 Å². The van der Waals surface area contributed by atoms with Gasteiger partial charge in [-0.2, -0.15) is 5.10 Å². The Labute approximate surface area is 122 Å². The Balaban J connectivity index is 2.09. The van der Waals surface area contributed by atoms with Crippen molar-refractivity contribution in [3.8, 4) is 0 Å². The normalized spacial score (nSPS) is 17.4. The molecule has 1 aliphatic rings. The lowest BCUT2D eigenvalue weighted by molar-refractivity contribution is -0.129. The maximum Gasteiger partial charge on any atom is 0.158 e. The Morgan fingerprint density at radius 2 is 1.95 bits per heavy atom. The van der Waals surface area contributed by atoms with E-state index in [1.807, 2.05) is 17.7 Å². The van der Waals surface area contributed by atoms with Crippen molar-refractivity contribution < 1.29 is 4.79 Å². The smallest absolute Gasteiger partial charge is 0.158 e. The zero-order valence-corrected chi connectivity index (χ0v) is 13.3. The van der Waals surface area contributed by atoms with E-state index in [-0.39, 0.29) is 5.54 Å². The number of aryl methyl sites for hydroxylation is 2. The second-order valence-electron chi connectivity index (χ2n) is 6.30. The highest BCUT2D eigenvalue weighted by atomic mass is 16.1. The fraction of sp³-hybridized carbons (Fsp3) is 0.750. The lowest BCUT2D eigenvalue weighted by Crippen LogP contribution is -2.52. The molecular weight excluding hydrogens is 250 g/mol. The minimum Gasteiger partial charge on any atom is -0.297 e. The molecule has 4 heteroatoms. The van der Waals surface area contributed by atoms with E-state index in [2.05, 4.69) is 30.8 Å². The molecule has 1 fully saturated rings. The number of hydrogen-bond donors (Lipinski definition) is 0. The van der Waals surface area contributed by atoms with E-state index in [4.69, 9.17) is 0 Å². The summed E-state index contributed by atoms with van der Waals surface area (Å²) in [7, 11) is 0. The molecule has 0 unspecified atom stereocenters. The van der Waals surface area contributed by atoms with Crippen molar-refractivity contribution in [1.29, 1.82) is 0 Å². The average Bonchev–Trinajstić information content (AvgIpc) is 2.79. The minimum absolute atomic E-state index is 0.300. The summed E-state index contributed by atoms with van der Waals surface area (Å²) < 4.78 is 1.94. The summed E-state index contributed by atoms with van der Waals surface area (Å²) in [5.74, 6) is 0.300. The fourth-order valence-corrected chi connectivity index (χ4v) is 3.03. The largest absolute Gasteiger partial charge is 0.297 e. The van der Waals surface area contributed by atoms with Crippen molar-refractivity contribution in [2.45, 2.75) is 65.5 Å². The molecule has 0 saturated carbocycles. The second kappa shape index (κ2) is 6.08. The number of piperidine rings is 1. The molecule has 0 spiro atoms. The molecule has 0 N–H and O–H groups in total. The third kappa shape index (κ3) is 3.11. The summed E-state index contributed by atoms with van der Waals surface area (Å²) in [6.07, 6.45) is 4.20. The van der Waals surface area contributed by atoms with Crippen LogP contribution >= 0.6 is 0 Å². The van der Waals surface area contributed by atoms with Crippen LogP contribution in [0.1, 0.15) is 51.4 Å². The average molecular weight is 277 g/mol. The van der Waals surface area contributed by atoms with Crippen LogP contribution in [0.4, 0.5) is 0 Å². The number of ketones is 1. The number of carbonyl (C=O) groups is 1. The van der Waals surface area contributed by atoms with E-state index >= 15 is 0 Å². The molecule has 2 heterocycles. The van der Waals surface area contributed by atoms with E-state index in [1.165, 1.54) is 19.3 Å². The third-order valence-corrected chi connectivity index (χ3v) is 4.46. The van der Waals surface area contributed by atoms with Crippen LogP contribution in [0.15, 0.2) is 6.07 Å². The first kappa shape index (κ1) is 15.2. The number of nitrogens with zero attached hydrogens (tertiary/aromatic N) is 3. The van der Waals surface area contributed by atoms with Gasteiger partial charge in [-0.15, -0.1) is 0 Å². The van der Waals surface area contributed by atoms with Crippen LogP contribution in [-0.4, -0.2) is 39.1 Å². The molecule has 1 aliphatic heterocycles. The molecule has 20 heavy (non-hydrogen) atoms. The summed E-state index contributed by atoms with van der Waals surface area (Å²) in [5.41, 5.74) is 1.67. The van der Waals surface area contributed by atoms with Gasteiger partial charge in [0, 0.05) is 12.2 Å². The van der Waals surface area contributed by atoms with Crippen LogP contribution in [0.25, 0.3) is 0 Å². The Kier molecular flexibility index (Phi) is 4.63. The van der Waals surface area contributed by atoms with E-state index in [1.54, 1.807) is 0 Å². The quantitative estimate of drug-likeness (QED) is 0.830. The second-order valence-corrected chi connectivity index (χ2v) is 6.30. The lowest BCUT2D eigenvalue weighted by atomic mass is 9.91. The lowest BCUT2D eigenvalue weighted by Gasteiger charge is -2.39. The summed E-state index contributed by atoms with van der Waals surface area (Å²) in [6.45, 7) is 11.1. The Morgan fingerprint density at radius 1 is 1.30 bits per heavy atom. The molecular formula is C16H27N3O. The number of likely N-dealkylation sites (tertiary alicyclic amines) is 1. The molecule has 1 aromatic heterocycles. The molecule has 0 aromatic carbocycles. The van der Waals surface area contributed by atoms with Gasteiger partial charge in [-0.05, 0) is 59.7 Å². The Morgan fingerprint density at radius 3 is 2.55 bits per heavy atom. The van der Waals surface area contributed by atoms with Crippen LogP contribution in [-0.2, 0) is 17.8 Å². The monoisotopic (exact) mass is 277 g/mol. The number of rotatable bonds is 5. The van der Waals surface area contributed by atoms with Crippen LogP contribution in [0.3, 0.4) is 0 Å². The van der Waals surface area contributed by atoms with Crippen LogP contribution in [0.2, 0.25) is 0 Å². The summed E-state index contributed by atoms with van der Waals surface area (Å²) in [5, 5.41) is 4.43. The number of aromatic nitrogens is 2. The van der Waals surface area contributed by atoms with Gasteiger partial charge in [-0.3, -0.25) is 14.4 Å². The van der Waals surface area contributed by atoms with Crippen LogP contribution < -0.4 is 0 Å². The zero-order valence-electron chi connectivity index (χ0n) is 13.3. The molecule has 4 nitrogen and oxygen atoms in total. The van der Waals surface area contributed by atoms with Gasteiger partial charge in [0.05, 0.1) is 17.7 Å². The standard InChI is InChI=1S/C16H27N3O/c1-5-19-14(11-13(2)17-19)12-15(20)16(3,4)18-9-7-6-8-10-18/h11H,5-10,12H2,1-4H3. The molecule has 0 amide bonds. The van der Waals surface area contributed by atoms with E-state index in [9.17, 15) is 4.79 Å². The maximum atomic E-state index is 12.7. The predicted octanol–water partition coefficient (Wildman–Crippen LogP) is 2.59.